The maximum Gasteiger partial charge on any atom is 0.407 e. The number of unbranched alkanes of at least 4 members (excludes halogenated alkanes) is 1. The van der Waals surface area contributed by atoms with E-state index in [1.165, 1.54) is 6.42 Å². The van der Waals surface area contributed by atoms with Crippen LogP contribution < -0.4 is 16.0 Å². The standard InChI is InChI=1S/C17H37N5O2.HI/c1-7-22(8-2)14-10-9-11-19-15(18-6)20-12-13-21-16(23)24-17(3,4)5;/h7-14H2,1-6H3,(H,21,23)(H2,18,19,20);1H. The van der Waals surface area contributed by atoms with Crippen LogP contribution in [-0.2, 0) is 4.74 Å². The highest BCUT2D eigenvalue weighted by atomic mass is 127. The van der Waals surface area contributed by atoms with Crippen LogP contribution in [0.4, 0.5) is 4.79 Å². The van der Waals surface area contributed by atoms with Crippen LogP contribution in [0.15, 0.2) is 4.99 Å². The molecule has 0 atom stereocenters. The van der Waals surface area contributed by atoms with Gasteiger partial charge in [0.15, 0.2) is 5.96 Å². The lowest BCUT2D eigenvalue weighted by Crippen LogP contribution is -2.42. The van der Waals surface area contributed by atoms with Gasteiger partial charge in [-0.1, -0.05) is 13.8 Å². The number of hydrogen-bond donors (Lipinski definition) is 3. The third-order valence-electron chi connectivity index (χ3n) is 3.40. The van der Waals surface area contributed by atoms with Crippen molar-refractivity contribution in [1.29, 1.82) is 0 Å². The smallest absolute Gasteiger partial charge is 0.407 e. The maximum atomic E-state index is 11.5. The molecule has 0 heterocycles. The summed E-state index contributed by atoms with van der Waals surface area (Å²) in [6.45, 7) is 15.2. The Hall–Kier alpha value is -0.770. The fourth-order valence-electron chi connectivity index (χ4n) is 2.09. The van der Waals surface area contributed by atoms with Gasteiger partial charge >= 0.3 is 6.09 Å². The molecule has 0 rings (SSSR count). The Labute approximate surface area is 170 Å². The van der Waals surface area contributed by atoms with Crippen LogP contribution in [0.2, 0.25) is 0 Å². The van der Waals surface area contributed by atoms with E-state index in [0.717, 1.165) is 38.6 Å². The first-order valence-corrected chi connectivity index (χ1v) is 8.96. The molecule has 0 saturated heterocycles. The Balaban J connectivity index is 0. The lowest BCUT2D eigenvalue weighted by molar-refractivity contribution is 0.0529. The number of ether oxygens (including phenoxy) is 1. The van der Waals surface area contributed by atoms with Gasteiger partial charge in [-0.3, -0.25) is 4.99 Å². The molecule has 3 N–H and O–H groups in total. The summed E-state index contributed by atoms with van der Waals surface area (Å²) in [5.74, 6) is 0.754. The first-order chi connectivity index (χ1) is 11.3. The predicted octanol–water partition coefficient (Wildman–Crippen LogP) is 2.42. The SMILES string of the molecule is CCN(CC)CCCCNC(=NC)NCCNC(=O)OC(C)(C)C.I. The average molecular weight is 471 g/mol. The molecule has 0 aromatic carbocycles. The second-order valence-electron chi connectivity index (χ2n) is 6.59. The van der Waals surface area contributed by atoms with Crippen molar-refractivity contribution in [3.8, 4) is 0 Å². The second kappa shape index (κ2) is 15.5. The number of amides is 1. The Morgan fingerprint density at radius 2 is 1.56 bits per heavy atom. The fraction of sp³-hybridized carbons (Fsp3) is 0.882. The zero-order chi connectivity index (χ0) is 18.4. The summed E-state index contributed by atoms with van der Waals surface area (Å²) in [7, 11) is 1.74. The third-order valence-corrected chi connectivity index (χ3v) is 3.40. The van der Waals surface area contributed by atoms with Gasteiger partial charge in [-0.25, -0.2) is 4.79 Å². The highest BCUT2D eigenvalue weighted by Crippen LogP contribution is 2.05. The summed E-state index contributed by atoms with van der Waals surface area (Å²) in [5, 5.41) is 9.16. The number of guanidine groups is 1. The van der Waals surface area contributed by atoms with Crippen LogP contribution in [0.25, 0.3) is 0 Å². The molecule has 0 bridgehead atoms. The molecule has 150 valence electrons. The van der Waals surface area contributed by atoms with Crippen LogP contribution in [0.3, 0.4) is 0 Å². The minimum atomic E-state index is -0.472. The number of aliphatic imine (C=N–C) groups is 1. The first kappa shape index (κ1) is 26.5. The first-order valence-electron chi connectivity index (χ1n) is 8.96. The molecule has 7 nitrogen and oxygen atoms in total. The van der Waals surface area contributed by atoms with Crippen molar-refractivity contribution in [2.45, 2.75) is 53.1 Å². The Morgan fingerprint density at radius 3 is 2.08 bits per heavy atom. The summed E-state index contributed by atoms with van der Waals surface area (Å²) >= 11 is 0. The van der Waals surface area contributed by atoms with Crippen LogP contribution in [0.1, 0.15) is 47.5 Å². The number of alkyl carbamates (subject to hydrolysis) is 1. The van der Waals surface area contributed by atoms with Gasteiger partial charge in [0.25, 0.3) is 0 Å². The van der Waals surface area contributed by atoms with E-state index in [-0.39, 0.29) is 24.0 Å². The van der Waals surface area contributed by atoms with Crippen molar-refractivity contribution in [2.24, 2.45) is 4.99 Å². The van der Waals surface area contributed by atoms with Crippen LogP contribution in [-0.4, -0.2) is 68.9 Å². The van der Waals surface area contributed by atoms with Crippen molar-refractivity contribution in [3.63, 3.8) is 0 Å². The van der Waals surface area contributed by atoms with Crippen molar-refractivity contribution in [1.82, 2.24) is 20.9 Å². The molecule has 25 heavy (non-hydrogen) atoms. The monoisotopic (exact) mass is 471 g/mol. The van der Waals surface area contributed by atoms with Gasteiger partial charge in [-0.15, -0.1) is 24.0 Å². The second-order valence-corrected chi connectivity index (χ2v) is 6.59. The minimum absolute atomic E-state index is 0. The average Bonchev–Trinajstić information content (AvgIpc) is 2.51. The zero-order valence-corrected chi connectivity index (χ0v) is 19.1. The highest BCUT2D eigenvalue weighted by Gasteiger charge is 2.15. The Bertz CT molecular complexity index is 369. The molecule has 0 aliphatic carbocycles. The van der Waals surface area contributed by atoms with Gasteiger partial charge in [0.2, 0.25) is 0 Å². The number of halogens is 1. The number of rotatable bonds is 10. The molecular weight excluding hydrogens is 433 g/mol. The van der Waals surface area contributed by atoms with Crippen LogP contribution in [0, 0.1) is 0 Å². The quantitative estimate of drug-likeness (QED) is 0.198. The fourth-order valence-corrected chi connectivity index (χ4v) is 2.09. The number of hydrogen-bond acceptors (Lipinski definition) is 4. The number of carbonyl (C=O) groups excluding carboxylic acids is 1. The summed E-state index contributed by atoms with van der Waals surface area (Å²) < 4.78 is 5.17. The summed E-state index contributed by atoms with van der Waals surface area (Å²) in [4.78, 5) is 18.1. The molecule has 0 aromatic heterocycles. The van der Waals surface area contributed by atoms with E-state index >= 15 is 0 Å². The third kappa shape index (κ3) is 16.4. The van der Waals surface area contributed by atoms with E-state index in [9.17, 15) is 4.79 Å². The van der Waals surface area contributed by atoms with Gasteiger partial charge in [-0.2, -0.15) is 0 Å². The van der Waals surface area contributed by atoms with Gasteiger partial charge in [0.05, 0.1) is 0 Å². The number of carbonyl (C=O) groups is 1. The molecule has 0 spiro atoms. The summed E-state index contributed by atoms with van der Waals surface area (Å²) in [6.07, 6.45) is 1.88. The molecule has 0 saturated carbocycles. The largest absolute Gasteiger partial charge is 0.444 e. The van der Waals surface area contributed by atoms with Gasteiger partial charge in [-0.05, 0) is 53.2 Å². The molecule has 0 radical (unpaired) electrons. The molecule has 0 aliphatic heterocycles. The van der Waals surface area contributed by atoms with Crippen LogP contribution >= 0.6 is 24.0 Å². The highest BCUT2D eigenvalue weighted by molar-refractivity contribution is 14.0. The van der Waals surface area contributed by atoms with E-state index in [1.54, 1.807) is 7.05 Å². The van der Waals surface area contributed by atoms with E-state index in [2.05, 4.69) is 39.7 Å². The zero-order valence-electron chi connectivity index (χ0n) is 16.8. The number of nitrogens with zero attached hydrogens (tertiary/aromatic N) is 2. The van der Waals surface area contributed by atoms with Crippen molar-refractivity contribution < 1.29 is 9.53 Å². The van der Waals surface area contributed by atoms with Crippen molar-refractivity contribution >= 4 is 36.0 Å². The predicted molar refractivity (Wildman–Crippen MR) is 116 cm³/mol. The minimum Gasteiger partial charge on any atom is -0.444 e. The molecular formula is C17H38IN5O2. The number of nitrogens with one attached hydrogen (secondary N) is 3. The van der Waals surface area contributed by atoms with Crippen molar-refractivity contribution in [3.05, 3.63) is 0 Å². The van der Waals surface area contributed by atoms with E-state index in [4.69, 9.17) is 4.74 Å². The molecule has 0 fully saturated rings. The summed E-state index contributed by atoms with van der Waals surface area (Å²) in [6, 6.07) is 0. The Morgan fingerprint density at radius 1 is 1.00 bits per heavy atom. The molecule has 0 aromatic rings. The topological polar surface area (TPSA) is 78.0 Å². The van der Waals surface area contributed by atoms with Gasteiger partial charge < -0.3 is 25.6 Å². The van der Waals surface area contributed by atoms with Gasteiger partial charge in [0.1, 0.15) is 5.60 Å². The lowest BCUT2D eigenvalue weighted by atomic mass is 10.2. The molecule has 0 unspecified atom stereocenters. The lowest BCUT2D eigenvalue weighted by Gasteiger charge is -2.20. The van der Waals surface area contributed by atoms with E-state index in [0.29, 0.717) is 13.1 Å². The van der Waals surface area contributed by atoms with Crippen molar-refractivity contribution in [2.75, 3.05) is 46.3 Å². The molecule has 8 heteroatoms. The summed E-state index contributed by atoms with van der Waals surface area (Å²) in [5.41, 5.74) is -0.472. The normalized spacial score (nSPS) is 11.7. The van der Waals surface area contributed by atoms with E-state index in [1.807, 2.05) is 20.8 Å². The maximum absolute atomic E-state index is 11.5. The Kier molecular flexibility index (Phi) is 16.4. The molecule has 0 aliphatic rings. The van der Waals surface area contributed by atoms with Crippen LogP contribution in [0.5, 0.6) is 0 Å². The van der Waals surface area contributed by atoms with E-state index < -0.39 is 11.7 Å². The van der Waals surface area contributed by atoms with Gasteiger partial charge in [0, 0.05) is 26.7 Å². The molecule has 1 amide bonds.